The summed E-state index contributed by atoms with van der Waals surface area (Å²) < 4.78 is 2.42. The smallest absolute Gasteiger partial charge is 0.0494 e. The van der Waals surface area contributed by atoms with Gasteiger partial charge in [0.2, 0.25) is 0 Å². The molecule has 19 heavy (non-hydrogen) atoms. The van der Waals surface area contributed by atoms with Crippen LogP contribution in [0.2, 0.25) is 0 Å². The van der Waals surface area contributed by atoms with E-state index in [0.717, 1.165) is 6.54 Å². The zero-order chi connectivity index (χ0) is 13.6. The predicted molar refractivity (Wildman–Crippen MR) is 83.8 cm³/mol. The predicted octanol–water partition coefficient (Wildman–Crippen LogP) is 5.11. The summed E-state index contributed by atoms with van der Waals surface area (Å²) in [6.45, 7) is 10.0. The Morgan fingerprint density at radius 2 is 1.58 bits per heavy atom. The zero-order valence-corrected chi connectivity index (χ0v) is 12.2. The van der Waals surface area contributed by atoms with Crippen LogP contribution in [0.15, 0.2) is 42.5 Å². The van der Waals surface area contributed by atoms with Crippen molar-refractivity contribution in [3.63, 3.8) is 0 Å². The van der Waals surface area contributed by atoms with E-state index in [-0.39, 0.29) is 5.41 Å². The van der Waals surface area contributed by atoms with Gasteiger partial charge in [-0.25, -0.2) is 0 Å². The summed E-state index contributed by atoms with van der Waals surface area (Å²) in [4.78, 5) is 0. The minimum Gasteiger partial charge on any atom is -0.341 e. The van der Waals surface area contributed by atoms with Crippen molar-refractivity contribution in [1.82, 2.24) is 4.57 Å². The molecule has 0 radical (unpaired) electrons. The fourth-order valence-electron chi connectivity index (χ4n) is 2.86. The fraction of sp³-hybridized carbons (Fsp3) is 0.333. The lowest BCUT2D eigenvalue weighted by Gasteiger charge is -2.19. The molecule has 2 aromatic carbocycles. The Morgan fingerprint density at radius 1 is 0.895 bits per heavy atom. The quantitative estimate of drug-likeness (QED) is 0.566. The number of benzene rings is 2. The third-order valence-corrected chi connectivity index (χ3v) is 3.96. The van der Waals surface area contributed by atoms with Gasteiger partial charge in [0.1, 0.15) is 0 Å². The van der Waals surface area contributed by atoms with Gasteiger partial charge in [-0.2, -0.15) is 0 Å². The van der Waals surface area contributed by atoms with Crippen LogP contribution in [0.5, 0.6) is 0 Å². The summed E-state index contributed by atoms with van der Waals surface area (Å²) in [6.07, 6.45) is 0. The topological polar surface area (TPSA) is 4.93 Å². The van der Waals surface area contributed by atoms with E-state index in [4.69, 9.17) is 0 Å². The van der Waals surface area contributed by atoms with Gasteiger partial charge in [0.15, 0.2) is 0 Å². The molecule has 3 aromatic rings. The fourth-order valence-corrected chi connectivity index (χ4v) is 2.86. The molecule has 1 heteroatoms. The summed E-state index contributed by atoms with van der Waals surface area (Å²) in [6, 6.07) is 15.6. The lowest BCUT2D eigenvalue weighted by molar-refractivity contribution is 0.590. The first-order valence-corrected chi connectivity index (χ1v) is 7.04. The highest BCUT2D eigenvalue weighted by atomic mass is 15.0. The lowest BCUT2D eigenvalue weighted by Crippen LogP contribution is -2.10. The summed E-state index contributed by atoms with van der Waals surface area (Å²) in [7, 11) is 0. The Bertz CT molecular complexity index is 741. The Hall–Kier alpha value is -1.76. The standard InChI is InChI=1S/C18H21N/c1-5-19-16-9-7-6-8-14(16)15-11-10-13(12-17(15)19)18(2,3)4/h6-12H,5H2,1-4H3. The minimum atomic E-state index is 0.198. The molecule has 0 aliphatic heterocycles. The molecule has 1 nitrogen and oxygen atoms in total. The maximum Gasteiger partial charge on any atom is 0.0494 e. The van der Waals surface area contributed by atoms with Gasteiger partial charge in [-0.05, 0) is 30.0 Å². The number of aromatic nitrogens is 1. The molecular formula is C18H21N. The van der Waals surface area contributed by atoms with E-state index in [2.05, 4.69) is 74.7 Å². The zero-order valence-electron chi connectivity index (χ0n) is 12.2. The molecule has 1 heterocycles. The van der Waals surface area contributed by atoms with Crippen molar-refractivity contribution >= 4 is 21.8 Å². The average Bonchev–Trinajstić information content (AvgIpc) is 2.70. The van der Waals surface area contributed by atoms with Crippen molar-refractivity contribution in [2.45, 2.75) is 39.7 Å². The van der Waals surface area contributed by atoms with E-state index < -0.39 is 0 Å². The van der Waals surface area contributed by atoms with Crippen molar-refractivity contribution in [3.8, 4) is 0 Å². The molecule has 0 unspecified atom stereocenters. The number of para-hydroxylation sites is 1. The highest BCUT2D eigenvalue weighted by molar-refractivity contribution is 6.08. The van der Waals surface area contributed by atoms with Gasteiger partial charge in [-0.15, -0.1) is 0 Å². The second kappa shape index (κ2) is 4.12. The molecule has 0 saturated carbocycles. The van der Waals surface area contributed by atoms with Crippen LogP contribution in [0.4, 0.5) is 0 Å². The third-order valence-electron chi connectivity index (χ3n) is 3.96. The molecule has 0 amide bonds. The summed E-state index contributed by atoms with van der Waals surface area (Å²) in [5, 5.41) is 2.73. The first kappa shape index (κ1) is 12.3. The number of hydrogen-bond acceptors (Lipinski definition) is 0. The van der Waals surface area contributed by atoms with Crippen LogP contribution in [-0.4, -0.2) is 4.57 Å². The Labute approximate surface area is 114 Å². The van der Waals surface area contributed by atoms with Gasteiger partial charge in [0.05, 0.1) is 0 Å². The Kier molecular flexibility index (Phi) is 2.67. The van der Waals surface area contributed by atoms with Crippen molar-refractivity contribution in [2.75, 3.05) is 0 Å². The van der Waals surface area contributed by atoms with Gasteiger partial charge in [-0.3, -0.25) is 0 Å². The number of fused-ring (bicyclic) bond motifs is 3. The van der Waals surface area contributed by atoms with Crippen LogP contribution >= 0.6 is 0 Å². The van der Waals surface area contributed by atoms with Crippen molar-refractivity contribution in [3.05, 3.63) is 48.0 Å². The normalized spacial score (nSPS) is 12.4. The first-order valence-electron chi connectivity index (χ1n) is 7.04. The molecule has 0 fully saturated rings. The summed E-state index contributed by atoms with van der Waals surface area (Å²) in [5.41, 5.74) is 4.29. The molecule has 98 valence electrons. The summed E-state index contributed by atoms with van der Waals surface area (Å²) in [5.74, 6) is 0. The molecule has 1 aromatic heterocycles. The van der Waals surface area contributed by atoms with E-state index in [1.807, 2.05) is 0 Å². The molecule has 0 aliphatic rings. The molecule has 0 aliphatic carbocycles. The number of aryl methyl sites for hydroxylation is 1. The van der Waals surface area contributed by atoms with Crippen LogP contribution in [0.3, 0.4) is 0 Å². The highest BCUT2D eigenvalue weighted by Crippen LogP contribution is 2.32. The van der Waals surface area contributed by atoms with Gasteiger partial charge in [0, 0.05) is 28.4 Å². The van der Waals surface area contributed by atoms with Gasteiger partial charge in [0.25, 0.3) is 0 Å². The molecule has 0 saturated heterocycles. The summed E-state index contributed by atoms with van der Waals surface area (Å²) >= 11 is 0. The minimum absolute atomic E-state index is 0.198. The molecule has 0 atom stereocenters. The number of hydrogen-bond donors (Lipinski definition) is 0. The van der Waals surface area contributed by atoms with Gasteiger partial charge < -0.3 is 4.57 Å². The van der Waals surface area contributed by atoms with Crippen molar-refractivity contribution in [2.24, 2.45) is 0 Å². The first-order chi connectivity index (χ1) is 9.02. The number of rotatable bonds is 1. The molecule has 3 rings (SSSR count). The average molecular weight is 251 g/mol. The van der Waals surface area contributed by atoms with Crippen molar-refractivity contribution < 1.29 is 0 Å². The third kappa shape index (κ3) is 1.85. The van der Waals surface area contributed by atoms with Crippen molar-refractivity contribution in [1.29, 1.82) is 0 Å². The van der Waals surface area contributed by atoms with Gasteiger partial charge in [-0.1, -0.05) is 51.1 Å². The van der Waals surface area contributed by atoms with Gasteiger partial charge >= 0.3 is 0 Å². The van der Waals surface area contributed by atoms with E-state index in [1.165, 1.54) is 27.4 Å². The highest BCUT2D eigenvalue weighted by Gasteiger charge is 2.16. The lowest BCUT2D eigenvalue weighted by atomic mass is 9.86. The van der Waals surface area contributed by atoms with E-state index in [0.29, 0.717) is 0 Å². The van der Waals surface area contributed by atoms with E-state index >= 15 is 0 Å². The maximum atomic E-state index is 2.42. The Balaban J connectivity index is 2.43. The second-order valence-electron chi connectivity index (χ2n) is 6.24. The molecule has 0 bridgehead atoms. The van der Waals surface area contributed by atoms with Crippen LogP contribution in [-0.2, 0) is 12.0 Å². The molecule has 0 spiro atoms. The van der Waals surface area contributed by atoms with Crippen LogP contribution in [0.25, 0.3) is 21.8 Å². The van der Waals surface area contributed by atoms with Crippen LogP contribution < -0.4 is 0 Å². The van der Waals surface area contributed by atoms with E-state index in [1.54, 1.807) is 0 Å². The van der Waals surface area contributed by atoms with Crippen LogP contribution in [0, 0.1) is 0 Å². The Morgan fingerprint density at radius 3 is 2.26 bits per heavy atom. The molecular weight excluding hydrogens is 230 g/mol. The van der Waals surface area contributed by atoms with E-state index in [9.17, 15) is 0 Å². The second-order valence-corrected chi connectivity index (χ2v) is 6.24. The monoisotopic (exact) mass is 251 g/mol. The SMILES string of the molecule is CCn1c2ccccc2c2ccc(C(C)(C)C)cc21. The molecule has 0 N–H and O–H groups in total. The largest absolute Gasteiger partial charge is 0.341 e. The number of nitrogens with zero attached hydrogens (tertiary/aromatic N) is 1. The maximum absolute atomic E-state index is 2.42. The van der Waals surface area contributed by atoms with Crippen LogP contribution in [0.1, 0.15) is 33.3 Å².